The summed E-state index contributed by atoms with van der Waals surface area (Å²) in [6.07, 6.45) is 5.85. The molecule has 0 radical (unpaired) electrons. The van der Waals surface area contributed by atoms with E-state index in [9.17, 15) is 4.79 Å². The Morgan fingerprint density at radius 2 is 2.04 bits per heavy atom. The normalized spacial score (nSPS) is 20.1. The Bertz CT molecular complexity index is 825. The average Bonchev–Trinajstić information content (AvgIpc) is 3.51. The molecule has 5 nitrogen and oxygen atoms in total. The number of amides is 1. The first kappa shape index (κ1) is 17.6. The highest BCUT2D eigenvalue weighted by Crippen LogP contribution is 2.39. The van der Waals surface area contributed by atoms with Crippen LogP contribution in [0.1, 0.15) is 37.3 Å². The molecule has 0 spiro atoms. The molecular weight excluding hydrogens is 371 g/mol. The summed E-state index contributed by atoms with van der Waals surface area (Å²) in [5.41, 5.74) is 1.67. The van der Waals surface area contributed by atoms with Gasteiger partial charge in [0.05, 0.1) is 21.7 Å². The van der Waals surface area contributed by atoms with E-state index in [-0.39, 0.29) is 11.8 Å². The van der Waals surface area contributed by atoms with Gasteiger partial charge in [-0.15, -0.1) is 0 Å². The first-order valence-electron chi connectivity index (χ1n) is 8.93. The van der Waals surface area contributed by atoms with Gasteiger partial charge in [0.25, 0.3) is 0 Å². The summed E-state index contributed by atoms with van der Waals surface area (Å²) in [4.78, 5) is 23.7. The molecule has 1 aromatic heterocycles. The summed E-state index contributed by atoms with van der Waals surface area (Å²) in [6, 6.07) is 7.32. The molecule has 7 heteroatoms. The van der Waals surface area contributed by atoms with E-state index in [4.69, 9.17) is 23.2 Å². The highest BCUT2D eigenvalue weighted by atomic mass is 35.5. The van der Waals surface area contributed by atoms with Gasteiger partial charge in [-0.2, -0.15) is 0 Å². The third-order valence-electron chi connectivity index (χ3n) is 5.00. The van der Waals surface area contributed by atoms with E-state index < -0.39 is 0 Å². The smallest absolute Gasteiger partial charge is 0.229 e. The van der Waals surface area contributed by atoms with Crippen molar-refractivity contribution in [3.63, 3.8) is 0 Å². The second-order valence-electron chi connectivity index (χ2n) is 6.95. The minimum absolute atomic E-state index is 0.0321. The van der Waals surface area contributed by atoms with Crippen LogP contribution in [0.4, 0.5) is 11.5 Å². The van der Waals surface area contributed by atoms with E-state index in [0.29, 0.717) is 28.2 Å². The van der Waals surface area contributed by atoms with Crippen molar-refractivity contribution in [1.29, 1.82) is 0 Å². The van der Waals surface area contributed by atoms with Crippen molar-refractivity contribution in [1.82, 2.24) is 9.97 Å². The topological polar surface area (TPSA) is 58.1 Å². The molecular formula is C19H20Cl2N4O. The lowest BCUT2D eigenvalue weighted by atomic mass is 9.97. The van der Waals surface area contributed by atoms with E-state index in [0.717, 1.165) is 30.9 Å². The van der Waals surface area contributed by atoms with E-state index in [1.165, 1.54) is 12.8 Å². The molecule has 2 aromatic rings. The van der Waals surface area contributed by atoms with Crippen molar-refractivity contribution < 1.29 is 4.79 Å². The summed E-state index contributed by atoms with van der Waals surface area (Å²) < 4.78 is 0. The van der Waals surface area contributed by atoms with Gasteiger partial charge in [-0.25, -0.2) is 9.97 Å². The summed E-state index contributed by atoms with van der Waals surface area (Å²) >= 11 is 12.2. The third kappa shape index (κ3) is 3.79. The Balaban J connectivity index is 1.45. The number of nitrogens with one attached hydrogen (secondary N) is 1. The van der Waals surface area contributed by atoms with Crippen LogP contribution in [0.15, 0.2) is 30.6 Å². The summed E-state index contributed by atoms with van der Waals surface area (Å²) in [6.45, 7) is 1.55. The van der Waals surface area contributed by atoms with E-state index in [1.54, 1.807) is 24.5 Å². The zero-order chi connectivity index (χ0) is 18.1. The van der Waals surface area contributed by atoms with Crippen LogP contribution in [-0.2, 0) is 4.79 Å². The summed E-state index contributed by atoms with van der Waals surface area (Å²) in [7, 11) is 0. The lowest BCUT2D eigenvalue weighted by molar-refractivity contribution is -0.120. The van der Waals surface area contributed by atoms with Gasteiger partial charge in [0.1, 0.15) is 12.1 Å². The molecule has 2 aliphatic rings. The van der Waals surface area contributed by atoms with Crippen molar-refractivity contribution in [2.75, 3.05) is 23.3 Å². The van der Waals surface area contributed by atoms with Gasteiger partial charge < -0.3 is 10.2 Å². The minimum Gasteiger partial charge on any atom is -0.356 e. The highest BCUT2D eigenvalue weighted by Gasteiger charge is 2.29. The Morgan fingerprint density at radius 3 is 2.85 bits per heavy atom. The Labute approximate surface area is 162 Å². The monoisotopic (exact) mass is 390 g/mol. The molecule has 2 fully saturated rings. The molecule has 1 aromatic carbocycles. The maximum Gasteiger partial charge on any atom is 0.229 e. The molecule has 26 heavy (non-hydrogen) atoms. The fraction of sp³-hybridized carbons (Fsp3) is 0.421. The maximum absolute atomic E-state index is 12.7. The van der Waals surface area contributed by atoms with E-state index in [2.05, 4.69) is 26.3 Å². The number of carbonyl (C=O) groups excluding carboxylic acids is 1. The van der Waals surface area contributed by atoms with E-state index in [1.807, 2.05) is 0 Å². The molecule has 1 saturated heterocycles. The van der Waals surface area contributed by atoms with Crippen LogP contribution in [-0.4, -0.2) is 29.0 Å². The van der Waals surface area contributed by atoms with Gasteiger partial charge in [-0.3, -0.25) is 4.79 Å². The van der Waals surface area contributed by atoms with E-state index >= 15 is 0 Å². The first-order valence-corrected chi connectivity index (χ1v) is 9.69. The lowest BCUT2D eigenvalue weighted by Crippen LogP contribution is -2.41. The van der Waals surface area contributed by atoms with Crippen LogP contribution in [0, 0.1) is 5.92 Å². The summed E-state index contributed by atoms with van der Waals surface area (Å²) in [5, 5.41) is 3.73. The van der Waals surface area contributed by atoms with Gasteiger partial charge >= 0.3 is 0 Å². The van der Waals surface area contributed by atoms with Gasteiger partial charge in [0.15, 0.2) is 0 Å². The maximum atomic E-state index is 12.7. The fourth-order valence-corrected chi connectivity index (χ4v) is 3.72. The molecule has 1 aliphatic heterocycles. The van der Waals surface area contributed by atoms with Crippen LogP contribution < -0.4 is 10.2 Å². The average molecular weight is 391 g/mol. The van der Waals surface area contributed by atoms with Gasteiger partial charge in [-0.05, 0) is 37.8 Å². The molecule has 0 bridgehead atoms. The molecule has 0 unspecified atom stereocenters. The number of aromatic nitrogens is 2. The molecule has 1 atom stereocenters. The zero-order valence-electron chi connectivity index (χ0n) is 14.3. The minimum atomic E-state index is -0.113. The second kappa shape index (κ2) is 7.41. The molecule has 4 rings (SSSR count). The van der Waals surface area contributed by atoms with Crippen LogP contribution in [0.2, 0.25) is 10.0 Å². The van der Waals surface area contributed by atoms with Gasteiger partial charge in [-0.1, -0.05) is 29.3 Å². The molecule has 1 aliphatic carbocycles. The van der Waals surface area contributed by atoms with Crippen molar-refractivity contribution in [2.24, 2.45) is 5.92 Å². The SMILES string of the molecule is O=C(Nc1cccc(Cl)c1Cl)[C@H]1CCCN(c2cc(C3CC3)ncn2)C1. The molecule has 1 amide bonds. The van der Waals surface area contributed by atoms with Crippen molar-refractivity contribution in [3.8, 4) is 0 Å². The van der Waals surface area contributed by atoms with Crippen LogP contribution in [0.25, 0.3) is 0 Å². The third-order valence-corrected chi connectivity index (χ3v) is 5.81. The van der Waals surface area contributed by atoms with Crippen LogP contribution in [0.5, 0.6) is 0 Å². The van der Waals surface area contributed by atoms with Crippen molar-refractivity contribution in [2.45, 2.75) is 31.6 Å². The molecule has 1 saturated carbocycles. The predicted octanol–water partition coefficient (Wildman–Crippen LogP) is 4.52. The number of halogens is 2. The number of nitrogens with zero attached hydrogens (tertiary/aromatic N) is 3. The lowest BCUT2D eigenvalue weighted by Gasteiger charge is -2.33. The predicted molar refractivity (Wildman–Crippen MR) is 104 cm³/mol. The summed E-state index contributed by atoms with van der Waals surface area (Å²) in [5.74, 6) is 1.36. The fourth-order valence-electron chi connectivity index (χ4n) is 3.37. The van der Waals surface area contributed by atoms with Gasteiger partial charge in [0, 0.05) is 30.8 Å². The molecule has 136 valence electrons. The van der Waals surface area contributed by atoms with Crippen molar-refractivity contribution >= 4 is 40.6 Å². The molecule has 1 N–H and O–H groups in total. The highest BCUT2D eigenvalue weighted by molar-refractivity contribution is 6.44. The number of benzene rings is 1. The molecule has 2 heterocycles. The number of carbonyl (C=O) groups is 1. The van der Waals surface area contributed by atoms with Gasteiger partial charge in [0.2, 0.25) is 5.91 Å². The number of rotatable bonds is 4. The zero-order valence-corrected chi connectivity index (χ0v) is 15.8. The largest absolute Gasteiger partial charge is 0.356 e. The number of hydrogen-bond donors (Lipinski definition) is 1. The Kier molecular flexibility index (Phi) is 5.00. The van der Waals surface area contributed by atoms with Crippen LogP contribution in [0.3, 0.4) is 0 Å². The number of anilines is 2. The van der Waals surface area contributed by atoms with Crippen molar-refractivity contribution in [3.05, 3.63) is 46.3 Å². The number of piperidine rings is 1. The van der Waals surface area contributed by atoms with Crippen LogP contribution >= 0.6 is 23.2 Å². The quantitative estimate of drug-likeness (QED) is 0.833. The standard InChI is InChI=1S/C19H20Cl2N4O/c20-14-4-1-5-15(18(14)21)24-19(26)13-3-2-8-25(10-13)17-9-16(12-6-7-12)22-11-23-17/h1,4-5,9,11-13H,2-3,6-8,10H2,(H,24,26)/t13-/m0/s1. The Morgan fingerprint density at radius 1 is 1.19 bits per heavy atom. The Hall–Kier alpha value is -1.85. The first-order chi connectivity index (χ1) is 12.6. The number of hydrogen-bond acceptors (Lipinski definition) is 4. The second-order valence-corrected chi connectivity index (χ2v) is 7.74.